The quantitative estimate of drug-likeness (QED) is 0.815. The average molecular weight is 342 g/mol. The average Bonchev–Trinajstić information content (AvgIpc) is 2.54. The van der Waals surface area contributed by atoms with Crippen molar-refractivity contribution >= 4 is 17.0 Å². The molecule has 1 saturated heterocycles. The van der Waals surface area contributed by atoms with Gasteiger partial charge in [-0.3, -0.25) is 4.98 Å². The number of carbonyl (C=O) groups excluding carboxylic acids is 1. The van der Waals surface area contributed by atoms with Crippen molar-refractivity contribution in [3.05, 3.63) is 36.0 Å². The number of ether oxygens (including phenoxy) is 2. The number of nitrogens with zero attached hydrogens (tertiary/aromatic N) is 2. The molecule has 0 N–H and O–H groups in total. The third-order valence-electron chi connectivity index (χ3n) is 4.20. The lowest BCUT2D eigenvalue weighted by Crippen LogP contribution is -2.44. The number of piperidine rings is 1. The van der Waals surface area contributed by atoms with Crippen LogP contribution in [0, 0.1) is 6.92 Å². The van der Waals surface area contributed by atoms with Gasteiger partial charge in [-0.25, -0.2) is 4.79 Å². The molecule has 1 aliphatic rings. The van der Waals surface area contributed by atoms with Crippen LogP contribution in [-0.2, 0) is 4.74 Å². The van der Waals surface area contributed by atoms with Gasteiger partial charge in [-0.1, -0.05) is 12.1 Å². The molecule has 0 saturated carbocycles. The first kappa shape index (κ1) is 17.5. The number of para-hydroxylation sites is 1. The van der Waals surface area contributed by atoms with Gasteiger partial charge in [-0.05, 0) is 45.4 Å². The Morgan fingerprint density at radius 3 is 2.64 bits per heavy atom. The SMILES string of the molecule is Cc1cnc2c(OC3CCN(C(=O)OC(C)(C)C)CC3)cccc2c1. The summed E-state index contributed by atoms with van der Waals surface area (Å²) >= 11 is 0. The van der Waals surface area contributed by atoms with Crippen LogP contribution in [0.2, 0.25) is 0 Å². The maximum atomic E-state index is 12.1. The molecule has 0 unspecified atom stereocenters. The second kappa shape index (κ2) is 6.90. The first-order chi connectivity index (χ1) is 11.8. The molecule has 1 amide bonds. The van der Waals surface area contributed by atoms with E-state index in [-0.39, 0.29) is 12.2 Å². The molecule has 1 fully saturated rings. The Kier molecular flexibility index (Phi) is 4.84. The van der Waals surface area contributed by atoms with E-state index in [1.165, 1.54) is 0 Å². The number of hydrogen-bond donors (Lipinski definition) is 0. The Labute approximate surface area is 148 Å². The van der Waals surface area contributed by atoms with E-state index >= 15 is 0 Å². The van der Waals surface area contributed by atoms with Gasteiger partial charge in [0.15, 0.2) is 0 Å². The lowest BCUT2D eigenvalue weighted by Gasteiger charge is -2.33. The smallest absolute Gasteiger partial charge is 0.410 e. The van der Waals surface area contributed by atoms with Gasteiger partial charge >= 0.3 is 6.09 Å². The van der Waals surface area contributed by atoms with E-state index in [0.717, 1.165) is 35.1 Å². The first-order valence-corrected chi connectivity index (χ1v) is 8.82. The van der Waals surface area contributed by atoms with Crippen LogP contribution in [0.25, 0.3) is 10.9 Å². The van der Waals surface area contributed by atoms with Crippen molar-refractivity contribution in [3.8, 4) is 5.75 Å². The number of amides is 1. The highest BCUT2D eigenvalue weighted by Gasteiger charge is 2.27. The van der Waals surface area contributed by atoms with Crippen LogP contribution in [0.4, 0.5) is 4.79 Å². The largest absolute Gasteiger partial charge is 0.488 e. The third-order valence-corrected chi connectivity index (χ3v) is 4.20. The van der Waals surface area contributed by atoms with E-state index in [1.54, 1.807) is 4.90 Å². The molecule has 25 heavy (non-hydrogen) atoms. The fourth-order valence-corrected chi connectivity index (χ4v) is 3.00. The van der Waals surface area contributed by atoms with E-state index in [9.17, 15) is 4.79 Å². The molecule has 5 heteroatoms. The molecule has 1 aromatic carbocycles. The Morgan fingerprint density at radius 1 is 1.24 bits per heavy atom. The maximum absolute atomic E-state index is 12.1. The number of hydrogen-bond acceptors (Lipinski definition) is 4. The number of likely N-dealkylation sites (tertiary alicyclic amines) is 1. The van der Waals surface area contributed by atoms with Gasteiger partial charge in [0.2, 0.25) is 0 Å². The van der Waals surface area contributed by atoms with E-state index in [0.29, 0.717) is 13.1 Å². The highest BCUT2D eigenvalue weighted by atomic mass is 16.6. The Bertz CT molecular complexity index is 759. The predicted octanol–water partition coefficient (Wildman–Crippen LogP) is 4.32. The zero-order valence-electron chi connectivity index (χ0n) is 15.4. The van der Waals surface area contributed by atoms with Crippen LogP contribution in [0.3, 0.4) is 0 Å². The lowest BCUT2D eigenvalue weighted by molar-refractivity contribution is 0.0127. The molecule has 0 bridgehead atoms. The lowest BCUT2D eigenvalue weighted by atomic mass is 10.1. The number of pyridine rings is 1. The maximum Gasteiger partial charge on any atom is 0.410 e. The summed E-state index contributed by atoms with van der Waals surface area (Å²) in [6.45, 7) is 8.99. The summed E-state index contributed by atoms with van der Waals surface area (Å²) in [5.74, 6) is 0.813. The molecular weight excluding hydrogens is 316 g/mol. The molecule has 0 spiro atoms. The Morgan fingerprint density at radius 2 is 1.96 bits per heavy atom. The van der Waals surface area contributed by atoms with Crippen LogP contribution in [0.5, 0.6) is 5.75 Å². The van der Waals surface area contributed by atoms with Crippen LogP contribution in [0.15, 0.2) is 30.5 Å². The number of carbonyl (C=O) groups is 1. The minimum Gasteiger partial charge on any atom is -0.488 e. The zero-order valence-corrected chi connectivity index (χ0v) is 15.4. The van der Waals surface area contributed by atoms with Crippen molar-refractivity contribution in [2.24, 2.45) is 0 Å². The molecule has 2 heterocycles. The summed E-state index contributed by atoms with van der Waals surface area (Å²) in [5, 5.41) is 1.09. The van der Waals surface area contributed by atoms with Gasteiger partial charge in [0.1, 0.15) is 23.0 Å². The molecule has 1 aliphatic heterocycles. The van der Waals surface area contributed by atoms with Gasteiger partial charge in [0, 0.05) is 37.5 Å². The van der Waals surface area contributed by atoms with Crippen molar-refractivity contribution in [2.75, 3.05) is 13.1 Å². The zero-order chi connectivity index (χ0) is 18.0. The first-order valence-electron chi connectivity index (χ1n) is 8.82. The normalized spacial score (nSPS) is 16.1. The van der Waals surface area contributed by atoms with Crippen molar-refractivity contribution in [3.63, 3.8) is 0 Å². The minimum absolute atomic E-state index is 0.0902. The number of rotatable bonds is 2. The minimum atomic E-state index is -0.461. The summed E-state index contributed by atoms with van der Waals surface area (Å²) in [4.78, 5) is 18.4. The summed E-state index contributed by atoms with van der Waals surface area (Å²) in [5.41, 5.74) is 1.56. The summed E-state index contributed by atoms with van der Waals surface area (Å²) in [6.07, 6.45) is 3.30. The van der Waals surface area contributed by atoms with Crippen LogP contribution in [0.1, 0.15) is 39.2 Å². The second-order valence-electron chi connectivity index (χ2n) is 7.63. The fourth-order valence-electron chi connectivity index (χ4n) is 3.00. The standard InChI is InChI=1S/C20H26N2O3/c1-14-12-15-6-5-7-17(18(15)21-13-14)24-16-8-10-22(11-9-16)19(23)25-20(2,3)4/h5-7,12-13,16H,8-11H2,1-4H3. The van der Waals surface area contributed by atoms with Crippen molar-refractivity contribution < 1.29 is 14.3 Å². The van der Waals surface area contributed by atoms with Crippen LogP contribution >= 0.6 is 0 Å². The van der Waals surface area contributed by atoms with Gasteiger partial charge in [0.25, 0.3) is 0 Å². The number of aromatic nitrogens is 1. The number of fused-ring (bicyclic) bond motifs is 1. The summed E-state index contributed by atoms with van der Waals surface area (Å²) < 4.78 is 11.6. The van der Waals surface area contributed by atoms with E-state index in [1.807, 2.05) is 52.1 Å². The third kappa shape index (κ3) is 4.41. The fraction of sp³-hybridized carbons (Fsp3) is 0.500. The van der Waals surface area contributed by atoms with Crippen LogP contribution in [-0.4, -0.2) is 40.8 Å². The van der Waals surface area contributed by atoms with Crippen molar-refractivity contribution in [1.29, 1.82) is 0 Å². The Hall–Kier alpha value is -2.30. The van der Waals surface area contributed by atoms with Gasteiger partial charge in [-0.2, -0.15) is 0 Å². The van der Waals surface area contributed by atoms with E-state index < -0.39 is 5.60 Å². The molecular formula is C20H26N2O3. The summed E-state index contributed by atoms with van der Waals surface area (Å²) in [7, 11) is 0. The molecule has 0 atom stereocenters. The van der Waals surface area contributed by atoms with Crippen LogP contribution < -0.4 is 4.74 Å². The van der Waals surface area contributed by atoms with Gasteiger partial charge in [-0.15, -0.1) is 0 Å². The highest BCUT2D eigenvalue weighted by molar-refractivity contribution is 5.84. The second-order valence-corrected chi connectivity index (χ2v) is 7.63. The van der Waals surface area contributed by atoms with Gasteiger partial charge < -0.3 is 14.4 Å². The molecule has 134 valence electrons. The van der Waals surface area contributed by atoms with Gasteiger partial charge in [0.05, 0.1) is 0 Å². The molecule has 5 nitrogen and oxygen atoms in total. The Balaban J connectivity index is 1.62. The summed E-state index contributed by atoms with van der Waals surface area (Å²) in [6, 6.07) is 8.12. The molecule has 2 aromatic rings. The molecule has 0 radical (unpaired) electrons. The van der Waals surface area contributed by atoms with E-state index in [2.05, 4.69) is 11.1 Å². The molecule has 1 aromatic heterocycles. The monoisotopic (exact) mass is 342 g/mol. The number of aryl methyl sites for hydroxylation is 1. The highest BCUT2D eigenvalue weighted by Crippen LogP contribution is 2.27. The number of benzene rings is 1. The molecule has 0 aliphatic carbocycles. The molecule has 3 rings (SSSR count). The van der Waals surface area contributed by atoms with Crippen molar-refractivity contribution in [1.82, 2.24) is 9.88 Å². The topological polar surface area (TPSA) is 51.7 Å². The predicted molar refractivity (Wildman–Crippen MR) is 97.9 cm³/mol. The van der Waals surface area contributed by atoms with Crippen molar-refractivity contribution in [2.45, 2.75) is 52.2 Å². The van der Waals surface area contributed by atoms with E-state index in [4.69, 9.17) is 9.47 Å².